The largest absolute Gasteiger partial charge is 0.417 e. The minimum Gasteiger partial charge on any atom is -0.323 e. The van der Waals surface area contributed by atoms with Crippen molar-refractivity contribution in [1.82, 2.24) is 0 Å². The summed E-state index contributed by atoms with van der Waals surface area (Å²) in [6, 6.07) is 8.21. The summed E-state index contributed by atoms with van der Waals surface area (Å²) in [5.74, 6) is -4.57. The average Bonchev–Trinajstić information content (AvgIpc) is 2.86. The lowest BCUT2D eigenvalue weighted by atomic mass is 9.82. The summed E-state index contributed by atoms with van der Waals surface area (Å²) in [6.07, 6.45) is -10.3. The van der Waals surface area contributed by atoms with Crippen molar-refractivity contribution in [3.63, 3.8) is 0 Å². The van der Waals surface area contributed by atoms with Crippen LogP contribution >= 0.6 is 11.6 Å². The van der Waals surface area contributed by atoms with Crippen LogP contribution in [0, 0.1) is 0 Å². The van der Waals surface area contributed by atoms with Crippen molar-refractivity contribution in [1.29, 1.82) is 0 Å². The predicted octanol–water partition coefficient (Wildman–Crippen LogP) is 5.93. The number of ketones is 2. The Morgan fingerprint density at radius 3 is 1.97 bits per heavy atom. The number of fused-ring (bicyclic) bond motifs is 2. The second-order valence-electron chi connectivity index (χ2n) is 8.01. The Morgan fingerprint density at radius 1 is 0.763 bits per heavy atom. The Kier molecular flexibility index (Phi) is 6.79. The molecule has 13 heteroatoms. The molecule has 0 spiro atoms. The van der Waals surface area contributed by atoms with Crippen molar-refractivity contribution in [2.45, 2.75) is 12.4 Å². The Labute approximate surface area is 214 Å². The molecule has 2 amide bonds. The van der Waals surface area contributed by atoms with E-state index >= 15 is 0 Å². The van der Waals surface area contributed by atoms with Gasteiger partial charge in [-0.05, 0) is 30.3 Å². The van der Waals surface area contributed by atoms with Crippen molar-refractivity contribution in [3.8, 4) is 0 Å². The van der Waals surface area contributed by atoms with E-state index in [2.05, 4.69) is 5.32 Å². The van der Waals surface area contributed by atoms with Crippen LogP contribution in [0.5, 0.6) is 0 Å². The molecule has 0 saturated heterocycles. The van der Waals surface area contributed by atoms with Crippen LogP contribution in [0.2, 0.25) is 0 Å². The first-order valence-corrected chi connectivity index (χ1v) is 11.1. The van der Waals surface area contributed by atoms with Crippen molar-refractivity contribution in [2.75, 3.05) is 16.5 Å². The predicted molar refractivity (Wildman–Crippen MR) is 123 cm³/mol. The van der Waals surface area contributed by atoms with Gasteiger partial charge in [-0.3, -0.25) is 19.2 Å². The molecule has 0 bridgehead atoms. The number of amides is 2. The van der Waals surface area contributed by atoms with Crippen LogP contribution in [0.1, 0.15) is 53.3 Å². The molecule has 0 radical (unpaired) electrons. The summed E-state index contributed by atoms with van der Waals surface area (Å²) in [7, 11) is 0. The number of nitrogens with one attached hydrogen (secondary N) is 2. The average molecular weight is 555 g/mol. The molecule has 6 nitrogen and oxygen atoms in total. The molecular weight excluding hydrogens is 542 g/mol. The zero-order valence-corrected chi connectivity index (χ0v) is 19.4. The van der Waals surface area contributed by atoms with Crippen molar-refractivity contribution in [2.24, 2.45) is 0 Å². The number of hydrogen-bond donors (Lipinski definition) is 2. The van der Waals surface area contributed by atoms with Gasteiger partial charge in [-0.2, -0.15) is 26.3 Å². The summed E-state index contributed by atoms with van der Waals surface area (Å²) in [5, 5.41) is 4.28. The van der Waals surface area contributed by atoms with E-state index in [0.717, 1.165) is 12.1 Å². The van der Waals surface area contributed by atoms with Crippen LogP contribution in [0.4, 0.5) is 37.7 Å². The third kappa shape index (κ3) is 4.86. The SMILES string of the molecule is O=C(CCl)Nc1ccc2c(c1NC(=O)c1cc(C(F)(F)F)ccc1C(F)(F)F)C(=O)c1ccccc1C2=O. The van der Waals surface area contributed by atoms with Gasteiger partial charge in [-0.15, -0.1) is 11.6 Å². The third-order valence-corrected chi connectivity index (χ3v) is 5.87. The molecule has 1 aliphatic carbocycles. The van der Waals surface area contributed by atoms with Gasteiger partial charge in [-0.25, -0.2) is 0 Å². The maximum Gasteiger partial charge on any atom is 0.417 e. The third-order valence-electron chi connectivity index (χ3n) is 5.62. The number of carbonyl (C=O) groups is 4. The maximum absolute atomic E-state index is 13.6. The van der Waals surface area contributed by atoms with E-state index in [-0.39, 0.29) is 40.6 Å². The Bertz CT molecular complexity index is 1510. The highest BCUT2D eigenvalue weighted by Crippen LogP contribution is 2.39. The number of alkyl halides is 7. The normalized spacial score (nSPS) is 13.0. The van der Waals surface area contributed by atoms with Gasteiger partial charge >= 0.3 is 12.4 Å². The van der Waals surface area contributed by atoms with Gasteiger partial charge in [-0.1, -0.05) is 24.3 Å². The van der Waals surface area contributed by atoms with E-state index in [9.17, 15) is 45.5 Å². The van der Waals surface area contributed by atoms with Crippen molar-refractivity contribution >= 4 is 46.4 Å². The Balaban J connectivity index is 1.91. The summed E-state index contributed by atoms with van der Waals surface area (Å²) >= 11 is 5.50. The maximum atomic E-state index is 13.6. The number of benzene rings is 3. The number of anilines is 2. The standard InChI is InChI=1S/C25H13ClF6N2O4/c26-10-18(35)33-17-8-6-14-19(22(37)13-4-2-1-3-12(13)21(14)36)20(17)34-23(38)15-9-11(24(27,28)29)5-7-16(15)25(30,31)32/h1-9H,10H2,(H,33,35)(H,34,38). The molecule has 4 rings (SSSR count). The number of hydrogen-bond acceptors (Lipinski definition) is 4. The van der Waals surface area contributed by atoms with E-state index < -0.39 is 69.6 Å². The number of rotatable bonds is 4. The van der Waals surface area contributed by atoms with Gasteiger partial charge in [0.1, 0.15) is 5.88 Å². The second-order valence-corrected chi connectivity index (χ2v) is 8.27. The highest BCUT2D eigenvalue weighted by Gasteiger charge is 2.39. The van der Waals surface area contributed by atoms with Crippen LogP contribution in [-0.2, 0) is 17.1 Å². The Hall–Kier alpha value is -4.19. The number of halogens is 7. The van der Waals surface area contributed by atoms with Crippen LogP contribution in [-0.4, -0.2) is 29.3 Å². The fourth-order valence-electron chi connectivity index (χ4n) is 3.94. The van der Waals surface area contributed by atoms with Gasteiger partial charge < -0.3 is 10.6 Å². The molecule has 0 saturated carbocycles. The first kappa shape index (κ1) is 26.9. The van der Waals surface area contributed by atoms with Gasteiger partial charge in [0.05, 0.1) is 33.6 Å². The lowest BCUT2D eigenvalue weighted by molar-refractivity contribution is -0.141. The summed E-state index contributed by atoms with van der Waals surface area (Å²) < 4.78 is 80.5. The van der Waals surface area contributed by atoms with E-state index in [1.54, 1.807) is 0 Å². The summed E-state index contributed by atoms with van der Waals surface area (Å²) in [4.78, 5) is 51.4. The van der Waals surface area contributed by atoms with E-state index in [1.165, 1.54) is 24.3 Å². The fourth-order valence-corrected chi connectivity index (χ4v) is 4.01. The first-order valence-electron chi connectivity index (χ1n) is 10.5. The quantitative estimate of drug-likeness (QED) is 0.242. The van der Waals surface area contributed by atoms with Crippen LogP contribution in [0.25, 0.3) is 0 Å². The Morgan fingerprint density at radius 2 is 1.39 bits per heavy atom. The fraction of sp³-hybridized carbons (Fsp3) is 0.120. The molecule has 0 aromatic heterocycles. The molecule has 0 fully saturated rings. The molecule has 196 valence electrons. The summed E-state index contributed by atoms with van der Waals surface area (Å²) in [5.41, 5.74) is -6.26. The van der Waals surface area contributed by atoms with Gasteiger partial charge in [0.15, 0.2) is 11.6 Å². The highest BCUT2D eigenvalue weighted by molar-refractivity contribution is 6.33. The smallest absolute Gasteiger partial charge is 0.323 e. The first-order chi connectivity index (χ1) is 17.7. The molecule has 2 N–H and O–H groups in total. The molecule has 3 aromatic rings. The molecule has 0 unspecified atom stereocenters. The molecule has 38 heavy (non-hydrogen) atoms. The zero-order chi connectivity index (χ0) is 28.0. The van der Waals surface area contributed by atoms with Crippen LogP contribution < -0.4 is 10.6 Å². The topological polar surface area (TPSA) is 92.3 Å². The minimum atomic E-state index is -5.21. The van der Waals surface area contributed by atoms with E-state index in [0.29, 0.717) is 0 Å². The van der Waals surface area contributed by atoms with Gasteiger partial charge in [0, 0.05) is 16.7 Å². The summed E-state index contributed by atoms with van der Waals surface area (Å²) in [6.45, 7) is 0. The number of carbonyl (C=O) groups excluding carboxylic acids is 4. The minimum absolute atomic E-state index is 0.0207. The van der Waals surface area contributed by atoms with Gasteiger partial charge in [0.25, 0.3) is 5.91 Å². The molecular formula is C25H13ClF6N2O4. The monoisotopic (exact) mass is 554 g/mol. The van der Waals surface area contributed by atoms with Crippen molar-refractivity contribution in [3.05, 3.63) is 93.5 Å². The molecule has 3 aromatic carbocycles. The van der Waals surface area contributed by atoms with Crippen LogP contribution in [0.15, 0.2) is 54.6 Å². The molecule has 1 aliphatic rings. The highest BCUT2D eigenvalue weighted by atomic mass is 35.5. The van der Waals surface area contributed by atoms with E-state index in [4.69, 9.17) is 11.6 Å². The van der Waals surface area contributed by atoms with E-state index in [1.807, 2.05) is 5.32 Å². The lowest BCUT2D eigenvalue weighted by Gasteiger charge is -2.23. The second kappa shape index (κ2) is 9.60. The lowest BCUT2D eigenvalue weighted by Crippen LogP contribution is -2.27. The zero-order valence-electron chi connectivity index (χ0n) is 18.7. The van der Waals surface area contributed by atoms with Crippen molar-refractivity contribution < 1.29 is 45.5 Å². The molecule has 0 heterocycles. The molecule has 0 atom stereocenters. The van der Waals surface area contributed by atoms with Gasteiger partial charge in [0.2, 0.25) is 5.91 Å². The molecule has 0 aliphatic heterocycles. The van der Waals surface area contributed by atoms with Crippen LogP contribution in [0.3, 0.4) is 0 Å².